The number of aliphatic carboxylic acids is 1. The molecule has 0 aromatic heterocycles. The number of carboxylic acids is 1. The predicted octanol–water partition coefficient (Wildman–Crippen LogP) is 1.79. The van der Waals surface area contributed by atoms with Crippen molar-refractivity contribution in [1.29, 1.82) is 0 Å². The molecule has 0 saturated carbocycles. The molecule has 12 heteroatoms. The molecule has 0 aliphatic carbocycles. The fourth-order valence-electron chi connectivity index (χ4n) is 2.79. The van der Waals surface area contributed by atoms with Crippen LogP contribution in [0.2, 0.25) is 0 Å². The number of rotatable bonds is 4. The fraction of sp³-hybridized carbons (Fsp3) is 0.462. The number of aryl methyl sites for hydroxylation is 1. The summed E-state index contributed by atoms with van der Waals surface area (Å²) >= 11 is 0. The first-order valence-electron chi connectivity index (χ1n) is 6.91. The minimum atomic E-state index is -4.91. The zero-order chi connectivity index (χ0) is 19.2. The molecule has 0 bridgehead atoms. The summed E-state index contributed by atoms with van der Waals surface area (Å²) in [5, 5.41) is 20.0. The summed E-state index contributed by atoms with van der Waals surface area (Å²) in [6, 6.07) is 3.44. The number of nitro groups is 1. The van der Waals surface area contributed by atoms with Gasteiger partial charge >= 0.3 is 12.1 Å². The van der Waals surface area contributed by atoms with Crippen molar-refractivity contribution in [3.05, 3.63) is 33.9 Å². The normalized spacial score (nSPS) is 22.1. The number of benzene rings is 1. The Labute approximate surface area is 140 Å². The lowest BCUT2D eigenvalue weighted by atomic mass is 9.96. The van der Waals surface area contributed by atoms with E-state index < -0.39 is 62.6 Å². The second-order valence-corrected chi connectivity index (χ2v) is 7.47. The zero-order valence-electron chi connectivity index (χ0n) is 12.7. The van der Waals surface area contributed by atoms with Crippen molar-refractivity contribution in [2.24, 2.45) is 11.8 Å². The number of nitro benzene ring substituents is 1. The molecular weight excluding hydrogens is 369 g/mol. The Hall–Kier alpha value is -2.21. The van der Waals surface area contributed by atoms with Gasteiger partial charge in [0.2, 0.25) is 10.0 Å². The average Bonchev–Trinajstić information content (AvgIpc) is 2.92. The summed E-state index contributed by atoms with van der Waals surface area (Å²) in [5.74, 6) is -6.14. The average molecular weight is 382 g/mol. The van der Waals surface area contributed by atoms with Crippen LogP contribution in [0.3, 0.4) is 0 Å². The molecule has 1 N–H and O–H groups in total. The van der Waals surface area contributed by atoms with Crippen LogP contribution in [0.4, 0.5) is 18.9 Å². The summed E-state index contributed by atoms with van der Waals surface area (Å²) in [4.78, 5) is 20.5. The Morgan fingerprint density at radius 1 is 1.36 bits per heavy atom. The molecule has 2 atom stereocenters. The van der Waals surface area contributed by atoms with Gasteiger partial charge in [-0.2, -0.15) is 17.5 Å². The van der Waals surface area contributed by atoms with Crippen LogP contribution < -0.4 is 0 Å². The van der Waals surface area contributed by atoms with Gasteiger partial charge in [-0.1, -0.05) is 12.1 Å². The minimum absolute atomic E-state index is 0.0171. The minimum Gasteiger partial charge on any atom is -0.481 e. The van der Waals surface area contributed by atoms with E-state index in [4.69, 9.17) is 5.11 Å². The first-order chi connectivity index (χ1) is 11.4. The molecule has 138 valence electrons. The largest absolute Gasteiger partial charge is 0.481 e. The molecule has 8 nitrogen and oxygen atoms in total. The van der Waals surface area contributed by atoms with Crippen molar-refractivity contribution >= 4 is 21.7 Å². The Balaban J connectivity index is 2.53. The predicted molar refractivity (Wildman–Crippen MR) is 77.3 cm³/mol. The number of halogens is 3. The van der Waals surface area contributed by atoms with Crippen molar-refractivity contribution in [2.75, 3.05) is 13.1 Å². The van der Waals surface area contributed by atoms with Crippen LogP contribution in [0.15, 0.2) is 23.1 Å². The van der Waals surface area contributed by atoms with E-state index in [9.17, 15) is 36.5 Å². The van der Waals surface area contributed by atoms with Crippen LogP contribution >= 0.6 is 0 Å². The number of nitrogens with zero attached hydrogens (tertiary/aromatic N) is 2. The van der Waals surface area contributed by atoms with E-state index >= 15 is 0 Å². The smallest absolute Gasteiger partial charge is 0.393 e. The molecule has 0 amide bonds. The second kappa shape index (κ2) is 6.26. The van der Waals surface area contributed by atoms with Crippen LogP contribution in [-0.2, 0) is 14.8 Å². The van der Waals surface area contributed by atoms with Gasteiger partial charge in [-0.3, -0.25) is 14.9 Å². The molecule has 1 aromatic rings. The van der Waals surface area contributed by atoms with Crippen molar-refractivity contribution in [1.82, 2.24) is 4.31 Å². The highest BCUT2D eigenvalue weighted by molar-refractivity contribution is 7.89. The molecule has 0 unspecified atom stereocenters. The third-order valence-corrected chi connectivity index (χ3v) is 6.03. The van der Waals surface area contributed by atoms with E-state index in [1.54, 1.807) is 0 Å². The van der Waals surface area contributed by atoms with Crippen molar-refractivity contribution in [3.63, 3.8) is 0 Å². The van der Waals surface area contributed by atoms with Crippen molar-refractivity contribution < 1.29 is 36.4 Å². The molecule has 1 aliphatic heterocycles. The summed E-state index contributed by atoms with van der Waals surface area (Å²) in [6.45, 7) is -0.743. The van der Waals surface area contributed by atoms with Crippen LogP contribution in [0, 0.1) is 28.9 Å². The molecule has 1 aromatic carbocycles. The molecule has 1 aliphatic rings. The SMILES string of the molecule is Cc1cccc([N+](=O)[O-])c1S(=O)(=O)N1C[C@@H](C(F)(F)F)[C@H](C(=O)O)C1. The van der Waals surface area contributed by atoms with E-state index in [1.165, 1.54) is 19.1 Å². The Morgan fingerprint density at radius 2 is 1.96 bits per heavy atom. The van der Waals surface area contributed by atoms with E-state index in [-0.39, 0.29) is 5.56 Å². The van der Waals surface area contributed by atoms with Crippen LogP contribution in [0.5, 0.6) is 0 Å². The highest BCUT2D eigenvalue weighted by Gasteiger charge is 2.55. The number of carbonyl (C=O) groups is 1. The molecule has 0 spiro atoms. The summed E-state index contributed by atoms with van der Waals surface area (Å²) in [5.41, 5.74) is -0.793. The van der Waals surface area contributed by atoms with Crippen LogP contribution in [-0.4, -0.2) is 48.0 Å². The first kappa shape index (κ1) is 19.1. The van der Waals surface area contributed by atoms with Crippen LogP contribution in [0.1, 0.15) is 5.56 Å². The lowest BCUT2D eigenvalue weighted by Gasteiger charge is -2.19. The maximum absolute atomic E-state index is 13.0. The first-order valence-corrected chi connectivity index (χ1v) is 8.35. The Bertz CT molecular complexity index is 824. The number of hydrogen-bond acceptors (Lipinski definition) is 5. The van der Waals surface area contributed by atoms with Gasteiger partial charge in [-0.15, -0.1) is 0 Å². The number of sulfonamides is 1. The van der Waals surface area contributed by atoms with Gasteiger partial charge in [0, 0.05) is 19.2 Å². The molecule has 1 heterocycles. The third-order valence-electron chi connectivity index (χ3n) is 4.01. The van der Waals surface area contributed by atoms with E-state index in [0.29, 0.717) is 4.31 Å². The van der Waals surface area contributed by atoms with E-state index in [0.717, 1.165) is 6.07 Å². The van der Waals surface area contributed by atoms with Crippen LogP contribution in [0.25, 0.3) is 0 Å². The van der Waals surface area contributed by atoms with Gasteiger partial charge in [0.25, 0.3) is 5.69 Å². The lowest BCUT2D eigenvalue weighted by molar-refractivity contribution is -0.387. The van der Waals surface area contributed by atoms with E-state index in [1.807, 2.05) is 0 Å². The second-order valence-electron chi connectivity index (χ2n) is 5.60. The maximum atomic E-state index is 13.0. The third kappa shape index (κ3) is 3.44. The Morgan fingerprint density at radius 3 is 2.40 bits per heavy atom. The number of hydrogen-bond donors (Lipinski definition) is 1. The summed E-state index contributed by atoms with van der Waals surface area (Å²) in [6.07, 6.45) is -4.91. The van der Waals surface area contributed by atoms with Crippen molar-refractivity contribution in [2.45, 2.75) is 18.0 Å². The van der Waals surface area contributed by atoms with Gasteiger partial charge in [0.1, 0.15) is 0 Å². The molecular formula is C13H13F3N2O6S. The van der Waals surface area contributed by atoms with E-state index in [2.05, 4.69) is 0 Å². The lowest BCUT2D eigenvalue weighted by Crippen LogP contribution is -2.34. The fourth-order valence-corrected chi connectivity index (χ4v) is 4.65. The Kier molecular flexibility index (Phi) is 4.79. The highest BCUT2D eigenvalue weighted by atomic mass is 32.2. The van der Waals surface area contributed by atoms with Crippen molar-refractivity contribution in [3.8, 4) is 0 Å². The quantitative estimate of drug-likeness (QED) is 0.627. The standard InChI is InChI=1S/C13H13F3N2O6S/c1-7-3-2-4-10(18(21)22)11(7)25(23,24)17-5-8(12(19)20)9(6-17)13(14,15)16/h2-4,8-9H,5-6H2,1H3,(H,19,20)/t8-,9-/m1/s1. The van der Waals surface area contributed by atoms with Gasteiger partial charge in [0.15, 0.2) is 4.90 Å². The van der Waals surface area contributed by atoms with Gasteiger partial charge in [0.05, 0.1) is 16.8 Å². The maximum Gasteiger partial charge on any atom is 0.393 e. The van der Waals surface area contributed by atoms with Gasteiger partial charge in [-0.25, -0.2) is 8.42 Å². The van der Waals surface area contributed by atoms with Gasteiger partial charge in [-0.05, 0) is 12.5 Å². The topological polar surface area (TPSA) is 118 Å². The summed E-state index contributed by atoms with van der Waals surface area (Å²) < 4.78 is 64.8. The molecule has 0 radical (unpaired) electrons. The molecule has 25 heavy (non-hydrogen) atoms. The monoisotopic (exact) mass is 382 g/mol. The molecule has 1 fully saturated rings. The summed E-state index contributed by atoms with van der Waals surface area (Å²) in [7, 11) is -4.68. The van der Waals surface area contributed by atoms with Gasteiger partial charge < -0.3 is 5.11 Å². The number of carboxylic acid groups (broad SMARTS) is 1. The zero-order valence-corrected chi connectivity index (χ0v) is 13.5. The molecule has 2 rings (SSSR count). The number of alkyl halides is 3. The molecule has 1 saturated heterocycles. The highest BCUT2D eigenvalue weighted by Crippen LogP contribution is 2.41.